The summed E-state index contributed by atoms with van der Waals surface area (Å²) in [6.07, 6.45) is 1.02. The molecule has 1 saturated carbocycles. The first kappa shape index (κ1) is 42.4. The fourth-order valence-corrected chi connectivity index (χ4v) is 7.87. The average molecular weight is 769 g/mol. The molecule has 2 fully saturated rings. The van der Waals surface area contributed by atoms with Gasteiger partial charge in [-0.25, -0.2) is 4.79 Å². The van der Waals surface area contributed by atoms with Crippen molar-refractivity contribution in [2.24, 2.45) is 16.2 Å². The highest BCUT2D eigenvalue weighted by Gasteiger charge is 2.64. The van der Waals surface area contributed by atoms with Crippen LogP contribution in [0.4, 0.5) is 0 Å². The number of aliphatic carboxylic acids is 1. The Kier molecular flexibility index (Phi) is 13.6. The lowest BCUT2D eigenvalue weighted by atomic mass is 9.49. The second-order valence-electron chi connectivity index (χ2n) is 16.4. The van der Waals surface area contributed by atoms with Crippen LogP contribution in [0.1, 0.15) is 90.1 Å². The van der Waals surface area contributed by atoms with E-state index in [9.17, 15) is 29.4 Å². The molecule has 1 unspecified atom stereocenters. The minimum absolute atomic E-state index is 0.0533. The zero-order valence-electron chi connectivity index (χ0n) is 32.1. The Morgan fingerprint density at radius 2 is 1.63 bits per heavy atom. The van der Waals surface area contributed by atoms with Crippen molar-refractivity contribution in [3.05, 3.63) is 58.6 Å². The number of carboxylic acid groups (broad SMARTS) is 1. The third-order valence-corrected chi connectivity index (χ3v) is 10.6. The first-order valence-electron chi connectivity index (χ1n) is 18.3. The van der Waals surface area contributed by atoms with Crippen molar-refractivity contribution in [3.63, 3.8) is 0 Å². The van der Waals surface area contributed by atoms with Gasteiger partial charge < -0.3 is 40.0 Å². The van der Waals surface area contributed by atoms with Crippen LogP contribution >= 0.6 is 11.6 Å². The van der Waals surface area contributed by atoms with Crippen molar-refractivity contribution < 1.29 is 43.6 Å². The highest BCUT2D eigenvalue weighted by molar-refractivity contribution is 6.31. The second-order valence-corrected chi connectivity index (χ2v) is 16.8. The van der Waals surface area contributed by atoms with E-state index < -0.39 is 41.4 Å². The number of aliphatic hydroxyl groups is 1. The number of nitriles is 1. The van der Waals surface area contributed by atoms with Crippen LogP contribution in [0, 0.1) is 27.6 Å². The maximum Gasteiger partial charge on any atom is 0.326 e. The molecule has 0 spiro atoms. The summed E-state index contributed by atoms with van der Waals surface area (Å²) >= 11 is 6.21. The van der Waals surface area contributed by atoms with Gasteiger partial charge in [0.05, 0.1) is 23.3 Å². The molecule has 1 aliphatic carbocycles. The Labute approximate surface area is 322 Å². The van der Waals surface area contributed by atoms with Gasteiger partial charge in [0.25, 0.3) is 5.91 Å². The number of carboxylic acids is 1. The van der Waals surface area contributed by atoms with E-state index >= 15 is 0 Å². The molecule has 4 N–H and O–H groups in total. The molecule has 0 radical (unpaired) electrons. The van der Waals surface area contributed by atoms with Crippen molar-refractivity contribution in [1.82, 2.24) is 15.5 Å². The van der Waals surface area contributed by atoms with Crippen LogP contribution in [0.2, 0.25) is 5.02 Å². The summed E-state index contributed by atoms with van der Waals surface area (Å²) < 4.78 is 17.7. The Morgan fingerprint density at radius 3 is 2.22 bits per heavy atom. The first-order valence-corrected chi connectivity index (χ1v) is 18.6. The number of nitrogens with one attached hydrogen (secondary N) is 2. The molecule has 1 saturated heterocycles. The van der Waals surface area contributed by atoms with Crippen LogP contribution in [0.25, 0.3) is 0 Å². The van der Waals surface area contributed by atoms with Crippen molar-refractivity contribution in [3.8, 4) is 17.6 Å². The van der Waals surface area contributed by atoms with E-state index in [2.05, 4.69) is 38.3 Å². The van der Waals surface area contributed by atoms with Crippen LogP contribution < -0.4 is 20.1 Å². The summed E-state index contributed by atoms with van der Waals surface area (Å²) in [5.74, 6) is -1.22. The summed E-state index contributed by atoms with van der Waals surface area (Å²) in [6, 6.07) is 11.7. The molecule has 1 aliphatic heterocycles. The molecule has 54 heavy (non-hydrogen) atoms. The van der Waals surface area contributed by atoms with Gasteiger partial charge in [0.2, 0.25) is 11.8 Å². The number of β-amino-alcohol motifs (C(OH)–C–C–N with tert-alkyl or cyclic N) is 1. The van der Waals surface area contributed by atoms with Gasteiger partial charge in [-0.2, -0.15) is 5.26 Å². The number of unbranched alkanes of at least 4 members (excludes halogenated alkanes) is 2. The SMILES string of the molecule is CC(C)(C)C(NC(=O)COCCCCCOc1ccc(C(=O)N[C@H]2C(C)(C)[C@H](Oc3ccc(C#N)c(Cl)c3)C2(C)C)cc1)C(=O)N1C[C@H](O)C[C@H]1C(=O)O. The molecule has 2 aromatic rings. The quantitative estimate of drug-likeness (QED) is 0.170. The molecule has 3 amide bonds. The number of hydrogen-bond acceptors (Lipinski definition) is 9. The van der Waals surface area contributed by atoms with Gasteiger partial charge in [-0.05, 0) is 61.1 Å². The molecular weight excluding hydrogens is 716 g/mol. The second kappa shape index (κ2) is 17.4. The van der Waals surface area contributed by atoms with Crippen LogP contribution in [0.15, 0.2) is 42.5 Å². The van der Waals surface area contributed by atoms with Gasteiger partial charge in [-0.1, -0.05) is 60.1 Å². The topological polar surface area (TPSA) is 188 Å². The zero-order valence-corrected chi connectivity index (χ0v) is 32.9. The molecule has 294 valence electrons. The van der Waals surface area contributed by atoms with Gasteiger partial charge in [0.15, 0.2) is 0 Å². The number of hydrogen-bond donors (Lipinski definition) is 4. The Bertz CT molecular complexity index is 1700. The van der Waals surface area contributed by atoms with Gasteiger partial charge in [0, 0.05) is 48.1 Å². The predicted molar refractivity (Wildman–Crippen MR) is 201 cm³/mol. The normalized spacial score (nSPS) is 22.0. The Morgan fingerprint density at radius 1 is 1.00 bits per heavy atom. The Hall–Kier alpha value is -4.38. The number of amides is 3. The summed E-state index contributed by atoms with van der Waals surface area (Å²) in [5.41, 5.74) is -0.582. The molecule has 0 bridgehead atoms. The lowest BCUT2D eigenvalue weighted by Crippen LogP contribution is -2.74. The molecular formula is C40H53ClN4O9. The van der Waals surface area contributed by atoms with Gasteiger partial charge in [0.1, 0.15) is 42.4 Å². The van der Waals surface area contributed by atoms with E-state index in [0.717, 1.165) is 17.7 Å². The highest BCUT2D eigenvalue weighted by Crippen LogP contribution is 2.55. The van der Waals surface area contributed by atoms with Gasteiger partial charge in [-0.15, -0.1) is 0 Å². The van der Waals surface area contributed by atoms with Crippen LogP contribution in [-0.4, -0.2) is 95.5 Å². The standard InChI is InChI=1S/C40H53ClN4O9/c1-38(2,3)32(34(49)45-22-26(46)19-30(45)35(50)51)43-31(47)23-52-17-9-8-10-18-53-27-14-11-24(12-15-27)33(48)44-36-39(4,5)37(40(36,6)7)54-28-16-13-25(21-42)29(41)20-28/h11-16,20,26,30,32,36-37,46H,8-10,17-19,22-23H2,1-7H3,(H,43,47)(H,44,48)(H,50,51)/t26-,30+,32?,36-,37-/m1/s1. The first-order chi connectivity index (χ1) is 25.3. The van der Waals surface area contributed by atoms with Crippen LogP contribution in [-0.2, 0) is 19.1 Å². The minimum Gasteiger partial charge on any atom is -0.494 e. The molecule has 2 aromatic carbocycles. The van der Waals surface area contributed by atoms with Crippen molar-refractivity contribution in [1.29, 1.82) is 5.26 Å². The van der Waals surface area contributed by atoms with E-state index in [1.54, 1.807) is 63.2 Å². The predicted octanol–water partition coefficient (Wildman–Crippen LogP) is 4.97. The van der Waals surface area contributed by atoms with E-state index in [-0.39, 0.29) is 48.5 Å². The number of benzene rings is 2. The molecule has 14 heteroatoms. The van der Waals surface area contributed by atoms with Crippen LogP contribution in [0.3, 0.4) is 0 Å². The number of rotatable bonds is 16. The average Bonchev–Trinajstić information content (AvgIpc) is 3.50. The molecule has 13 nitrogen and oxygen atoms in total. The fourth-order valence-electron chi connectivity index (χ4n) is 7.66. The fraction of sp³-hybridized carbons (Fsp3) is 0.575. The summed E-state index contributed by atoms with van der Waals surface area (Å²) in [4.78, 5) is 51.9. The number of carbonyl (C=O) groups excluding carboxylic acids is 3. The molecule has 1 heterocycles. The van der Waals surface area contributed by atoms with E-state index in [1.165, 1.54) is 0 Å². The zero-order chi connectivity index (χ0) is 40.0. The number of likely N-dealkylation sites (tertiary alicyclic amines) is 1. The monoisotopic (exact) mass is 768 g/mol. The molecule has 2 aliphatic rings. The number of ether oxygens (including phenoxy) is 3. The maximum atomic E-state index is 13.2. The van der Waals surface area contributed by atoms with Crippen molar-refractivity contribution in [2.45, 2.75) is 104 Å². The van der Waals surface area contributed by atoms with E-state index in [1.807, 2.05) is 6.07 Å². The van der Waals surface area contributed by atoms with Crippen molar-refractivity contribution >= 4 is 35.3 Å². The number of carbonyl (C=O) groups is 4. The highest BCUT2D eigenvalue weighted by atomic mass is 35.5. The molecule has 0 aromatic heterocycles. The van der Waals surface area contributed by atoms with Gasteiger partial charge >= 0.3 is 5.97 Å². The number of nitrogens with zero attached hydrogens (tertiary/aromatic N) is 2. The summed E-state index contributed by atoms with van der Waals surface area (Å²) in [7, 11) is 0. The lowest BCUT2D eigenvalue weighted by Gasteiger charge is -2.63. The van der Waals surface area contributed by atoms with Crippen molar-refractivity contribution in [2.75, 3.05) is 26.4 Å². The van der Waals surface area contributed by atoms with Gasteiger partial charge in [-0.3, -0.25) is 14.4 Å². The summed E-state index contributed by atoms with van der Waals surface area (Å²) in [6.45, 7) is 14.0. The largest absolute Gasteiger partial charge is 0.494 e. The molecule has 4 rings (SSSR count). The third-order valence-electron chi connectivity index (χ3n) is 10.2. The lowest BCUT2D eigenvalue weighted by molar-refractivity contribution is -0.164. The molecule has 3 atom stereocenters. The Balaban J connectivity index is 1.14. The van der Waals surface area contributed by atoms with Crippen LogP contribution in [0.5, 0.6) is 11.5 Å². The number of aliphatic hydroxyl groups excluding tert-OH is 1. The summed E-state index contributed by atoms with van der Waals surface area (Å²) in [5, 5.41) is 34.8. The van der Waals surface area contributed by atoms with E-state index in [0.29, 0.717) is 47.3 Å². The number of halogens is 1. The van der Waals surface area contributed by atoms with E-state index in [4.69, 9.17) is 31.1 Å². The smallest absolute Gasteiger partial charge is 0.326 e. The minimum atomic E-state index is -1.20. The maximum absolute atomic E-state index is 13.2. The third kappa shape index (κ3) is 10.0.